The highest BCUT2D eigenvalue weighted by atomic mass is 16.5. The Kier molecular flexibility index (Phi) is 2.59. The van der Waals surface area contributed by atoms with Crippen LogP contribution in [0.2, 0.25) is 0 Å². The first-order valence-electron chi connectivity index (χ1n) is 4.87. The molecule has 2 N–H and O–H groups in total. The summed E-state index contributed by atoms with van der Waals surface area (Å²) < 4.78 is 5.05. The molecule has 1 aromatic carbocycles. The molecule has 0 amide bonds. The minimum Gasteiger partial charge on any atom is -0.504 e. The molecule has 3 nitrogen and oxygen atoms in total. The smallest absolute Gasteiger partial charge is 0.160 e. The number of nitrogens with one attached hydrogen (secondary N) is 1. The Morgan fingerprint density at radius 2 is 2.29 bits per heavy atom. The number of ether oxygens (including phenoxy) is 1. The standard InChI is InChI=1S/C11H15NO2/c1-14-10-4-2-3-9(11(10)13)5-8-6-12-7-8/h2-4,8,12-13H,5-7H2,1H3. The van der Waals surface area contributed by atoms with Gasteiger partial charge in [0.1, 0.15) is 0 Å². The monoisotopic (exact) mass is 193 g/mol. The van der Waals surface area contributed by atoms with Gasteiger partial charge >= 0.3 is 0 Å². The molecule has 0 saturated carbocycles. The molecular weight excluding hydrogens is 178 g/mol. The fraction of sp³-hybridized carbons (Fsp3) is 0.455. The fourth-order valence-corrected chi connectivity index (χ4v) is 1.70. The van der Waals surface area contributed by atoms with E-state index < -0.39 is 0 Å². The molecule has 0 radical (unpaired) electrons. The van der Waals surface area contributed by atoms with Crippen molar-refractivity contribution in [2.75, 3.05) is 20.2 Å². The van der Waals surface area contributed by atoms with Gasteiger partial charge < -0.3 is 15.2 Å². The number of hydrogen-bond donors (Lipinski definition) is 2. The van der Waals surface area contributed by atoms with Gasteiger partial charge in [-0.3, -0.25) is 0 Å². The zero-order valence-corrected chi connectivity index (χ0v) is 8.29. The van der Waals surface area contributed by atoms with E-state index in [9.17, 15) is 5.11 Å². The van der Waals surface area contributed by atoms with Gasteiger partial charge in [-0.15, -0.1) is 0 Å². The van der Waals surface area contributed by atoms with E-state index >= 15 is 0 Å². The van der Waals surface area contributed by atoms with E-state index in [-0.39, 0.29) is 0 Å². The van der Waals surface area contributed by atoms with Crippen molar-refractivity contribution in [2.24, 2.45) is 5.92 Å². The van der Waals surface area contributed by atoms with Crippen LogP contribution in [0, 0.1) is 5.92 Å². The van der Waals surface area contributed by atoms with Gasteiger partial charge in [-0.05, 0) is 37.1 Å². The van der Waals surface area contributed by atoms with Crippen molar-refractivity contribution < 1.29 is 9.84 Å². The third-order valence-corrected chi connectivity index (χ3v) is 2.68. The second kappa shape index (κ2) is 3.88. The van der Waals surface area contributed by atoms with E-state index in [2.05, 4.69) is 5.32 Å². The second-order valence-corrected chi connectivity index (χ2v) is 3.70. The fourth-order valence-electron chi connectivity index (χ4n) is 1.70. The Balaban J connectivity index is 2.15. The van der Waals surface area contributed by atoms with Crippen molar-refractivity contribution in [3.63, 3.8) is 0 Å². The Labute approximate surface area is 83.7 Å². The number of para-hydroxylation sites is 1. The lowest BCUT2D eigenvalue weighted by Crippen LogP contribution is -2.43. The van der Waals surface area contributed by atoms with Crippen LogP contribution in [0.15, 0.2) is 18.2 Å². The molecule has 0 aromatic heterocycles. The van der Waals surface area contributed by atoms with Crippen LogP contribution in [0.25, 0.3) is 0 Å². The average Bonchev–Trinajstić information content (AvgIpc) is 2.13. The molecule has 0 bridgehead atoms. The number of aromatic hydroxyl groups is 1. The summed E-state index contributed by atoms with van der Waals surface area (Å²) in [4.78, 5) is 0. The number of hydrogen-bond acceptors (Lipinski definition) is 3. The van der Waals surface area contributed by atoms with Gasteiger partial charge in [-0.1, -0.05) is 12.1 Å². The molecule has 0 unspecified atom stereocenters. The quantitative estimate of drug-likeness (QED) is 0.757. The van der Waals surface area contributed by atoms with E-state index in [0.29, 0.717) is 17.4 Å². The highest BCUT2D eigenvalue weighted by Crippen LogP contribution is 2.31. The van der Waals surface area contributed by atoms with Crippen LogP contribution in [0.3, 0.4) is 0 Å². The summed E-state index contributed by atoms with van der Waals surface area (Å²) in [5, 5.41) is 13.0. The Hall–Kier alpha value is -1.22. The Morgan fingerprint density at radius 1 is 1.50 bits per heavy atom. The van der Waals surface area contributed by atoms with Crippen molar-refractivity contribution >= 4 is 0 Å². The van der Waals surface area contributed by atoms with E-state index in [1.54, 1.807) is 13.2 Å². The number of methoxy groups -OCH3 is 1. The first-order chi connectivity index (χ1) is 6.81. The zero-order valence-electron chi connectivity index (χ0n) is 8.29. The molecule has 1 heterocycles. The van der Waals surface area contributed by atoms with Gasteiger partial charge in [0.15, 0.2) is 11.5 Å². The number of phenolic OH excluding ortho intramolecular Hbond substituents is 1. The Morgan fingerprint density at radius 3 is 2.86 bits per heavy atom. The zero-order chi connectivity index (χ0) is 9.97. The van der Waals surface area contributed by atoms with E-state index in [1.165, 1.54) is 0 Å². The maximum Gasteiger partial charge on any atom is 0.160 e. The van der Waals surface area contributed by atoms with Crippen LogP contribution < -0.4 is 10.1 Å². The van der Waals surface area contributed by atoms with Crippen LogP contribution in [-0.4, -0.2) is 25.3 Å². The SMILES string of the molecule is COc1cccc(CC2CNC2)c1O. The molecule has 0 spiro atoms. The van der Waals surface area contributed by atoms with Gasteiger partial charge in [0.2, 0.25) is 0 Å². The second-order valence-electron chi connectivity index (χ2n) is 3.70. The molecule has 14 heavy (non-hydrogen) atoms. The van der Waals surface area contributed by atoms with E-state index in [0.717, 1.165) is 25.1 Å². The van der Waals surface area contributed by atoms with Crippen LogP contribution in [0.5, 0.6) is 11.5 Å². The maximum absolute atomic E-state index is 9.81. The number of phenols is 1. The molecular formula is C11H15NO2. The molecule has 1 aliphatic heterocycles. The van der Waals surface area contributed by atoms with Crippen LogP contribution >= 0.6 is 0 Å². The third-order valence-electron chi connectivity index (χ3n) is 2.68. The summed E-state index contributed by atoms with van der Waals surface area (Å²) in [7, 11) is 1.57. The molecule has 2 rings (SSSR count). The maximum atomic E-state index is 9.81. The lowest BCUT2D eigenvalue weighted by molar-refractivity contribution is 0.335. The van der Waals surface area contributed by atoms with E-state index in [4.69, 9.17) is 4.74 Å². The normalized spacial score (nSPS) is 16.4. The van der Waals surface area contributed by atoms with Gasteiger partial charge in [0, 0.05) is 0 Å². The molecule has 1 aromatic rings. The highest BCUT2D eigenvalue weighted by Gasteiger charge is 2.19. The number of benzene rings is 1. The Bertz CT molecular complexity index is 321. The summed E-state index contributed by atoms with van der Waals surface area (Å²) in [6, 6.07) is 5.65. The first-order valence-corrected chi connectivity index (χ1v) is 4.87. The summed E-state index contributed by atoms with van der Waals surface area (Å²) in [5.41, 5.74) is 0.982. The number of rotatable bonds is 3. The van der Waals surface area contributed by atoms with Crippen LogP contribution in [-0.2, 0) is 6.42 Å². The van der Waals surface area contributed by atoms with Crippen molar-refractivity contribution in [1.82, 2.24) is 5.32 Å². The lowest BCUT2D eigenvalue weighted by atomic mass is 9.94. The minimum atomic E-state index is 0.293. The van der Waals surface area contributed by atoms with Crippen molar-refractivity contribution in [2.45, 2.75) is 6.42 Å². The molecule has 1 saturated heterocycles. The first kappa shape index (κ1) is 9.34. The van der Waals surface area contributed by atoms with Crippen molar-refractivity contribution in [1.29, 1.82) is 0 Å². The largest absolute Gasteiger partial charge is 0.504 e. The van der Waals surface area contributed by atoms with Gasteiger partial charge in [-0.25, -0.2) is 0 Å². The van der Waals surface area contributed by atoms with E-state index in [1.807, 2.05) is 12.1 Å². The average molecular weight is 193 g/mol. The summed E-state index contributed by atoms with van der Waals surface area (Å²) in [6.45, 7) is 2.10. The molecule has 1 fully saturated rings. The van der Waals surface area contributed by atoms with Crippen LogP contribution in [0.1, 0.15) is 5.56 Å². The molecule has 0 aliphatic carbocycles. The predicted molar refractivity (Wildman–Crippen MR) is 54.7 cm³/mol. The minimum absolute atomic E-state index is 0.293. The third kappa shape index (κ3) is 1.68. The summed E-state index contributed by atoms with van der Waals surface area (Å²) >= 11 is 0. The van der Waals surface area contributed by atoms with Gasteiger partial charge in [-0.2, -0.15) is 0 Å². The van der Waals surface area contributed by atoms with Crippen LogP contribution in [0.4, 0.5) is 0 Å². The van der Waals surface area contributed by atoms with Crippen molar-refractivity contribution in [3.05, 3.63) is 23.8 Å². The molecule has 3 heteroatoms. The van der Waals surface area contributed by atoms with Crippen molar-refractivity contribution in [3.8, 4) is 11.5 Å². The van der Waals surface area contributed by atoms with Gasteiger partial charge in [0.25, 0.3) is 0 Å². The van der Waals surface area contributed by atoms with Gasteiger partial charge in [0.05, 0.1) is 7.11 Å². The summed E-state index contributed by atoms with van der Waals surface area (Å²) in [6.07, 6.45) is 0.927. The molecule has 76 valence electrons. The summed E-state index contributed by atoms with van der Waals surface area (Å²) in [5.74, 6) is 1.52. The molecule has 1 aliphatic rings. The topological polar surface area (TPSA) is 41.5 Å². The molecule has 0 atom stereocenters. The highest BCUT2D eigenvalue weighted by molar-refractivity contribution is 5.45. The lowest BCUT2D eigenvalue weighted by Gasteiger charge is -2.27. The predicted octanol–water partition coefficient (Wildman–Crippen LogP) is 1.16.